The van der Waals surface area contributed by atoms with E-state index in [0.717, 1.165) is 29.3 Å². The summed E-state index contributed by atoms with van der Waals surface area (Å²) in [6.07, 6.45) is 9.65. The normalized spacial score (nSPS) is 16.2. The summed E-state index contributed by atoms with van der Waals surface area (Å²) >= 11 is 4.80. The van der Waals surface area contributed by atoms with E-state index in [1.54, 1.807) is 12.3 Å². The van der Waals surface area contributed by atoms with E-state index >= 15 is 0 Å². The number of pyridine rings is 1. The number of aromatic nitrogens is 1. The maximum Gasteiger partial charge on any atom is 0.257 e. The number of rotatable bonds is 6. The Morgan fingerprint density at radius 1 is 1.42 bits per heavy atom. The lowest BCUT2D eigenvalue weighted by Crippen LogP contribution is -2.20. The fourth-order valence-electron chi connectivity index (χ4n) is 3.45. The van der Waals surface area contributed by atoms with E-state index in [1.807, 2.05) is 0 Å². The second-order valence-corrected chi connectivity index (χ2v) is 8.69. The fourth-order valence-corrected chi connectivity index (χ4v) is 5.18. The first-order valence-corrected chi connectivity index (χ1v) is 10.5. The van der Waals surface area contributed by atoms with Gasteiger partial charge < -0.3 is 11.1 Å². The third-order valence-electron chi connectivity index (χ3n) is 4.77. The monoisotopic (exact) mass is 435 g/mol. The summed E-state index contributed by atoms with van der Waals surface area (Å²) in [5.41, 5.74) is 7.57. The van der Waals surface area contributed by atoms with Crippen molar-refractivity contribution in [2.75, 3.05) is 5.32 Å². The summed E-state index contributed by atoms with van der Waals surface area (Å²) < 4.78 is 0.726. The lowest BCUT2D eigenvalue weighted by molar-refractivity contribution is 0.1000. The summed E-state index contributed by atoms with van der Waals surface area (Å²) in [6, 6.07) is 1.70. The van der Waals surface area contributed by atoms with Crippen molar-refractivity contribution >= 4 is 44.1 Å². The molecule has 0 radical (unpaired) electrons. The molecule has 0 bridgehead atoms. The zero-order valence-corrected chi connectivity index (χ0v) is 17.1. The van der Waals surface area contributed by atoms with Gasteiger partial charge >= 0.3 is 0 Å². The molecule has 0 saturated heterocycles. The van der Waals surface area contributed by atoms with Crippen molar-refractivity contribution in [3.8, 4) is 0 Å². The number of hydrogen-bond donors (Lipinski definition) is 2. The van der Waals surface area contributed by atoms with Crippen molar-refractivity contribution < 1.29 is 9.59 Å². The molecule has 2 amide bonds. The summed E-state index contributed by atoms with van der Waals surface area (Å²) in [4.78, 5) is 29.8. The highest BCUT2D eigenvalue weighted by molar-refractivity contribution is 9.10. The van der Waals surface area contributed by atoms with Gasteiger partial charge in [-0.05, 0) is 52.7 Å². The molecule has 1 aliphatic carbocycles. The number of halogens is 1. The Kier molecular flexibility index (Phi) is 6.09. The smallest absolute Gasteiger partial charge is 0.257 e. The molecular weight excluding hydrogens is 414 g/mol. The van der Waals surface area contributed by atoms with Crippen LogP contribution in [0.25, 0.3) is 0 Å². The minimum Gasteiger partial charge on any atom is -0.365 e. The molecule has 1 atom stereocenters. The van der Waals surface area contributed by atoms with Gasteiger partial charge in [-0.1, -0.05) is 26.2 Å². The number of primary amides is 1. The van der Waals surface area contributed by atoms with E-state index in [2.05, 4.69) is 33.2 Å². The Morgan fingerprint density at radius 3 is 2.92 bits per heavy atom. The number of anilines is 1. The van der Waals surface area contributed by atoms with Gasteiger partial charge in [-0.2, -0.15) is 0 Å². The number of unbranched alkanes of at least 4 members (excludes halogenated alkanes) is 1. The molecule has 26 heavy (non-hydrogen) atoms. The molecule has 1 aliphatic rings. The zero-order valence-electron chi connectivity index (χ0n) is 14.7. The van der Waals surface area contributed by atoms with Gasteiger partial charge in [-0.15, -0.1) is 11.3 Å². The van der Waals surface area contributed by atoms with Crippen LogP contribution in [0, 0.1) is 5.92 Å². The van der Waals surface area contributed by atoms with Crippen LogP contribution in [-0.4, -0.2) is 16.8 Å². The molecule has 2 aromatic heterocycles. The highest BCUT2D eigenvalue weighted by Gasteiger charge is 2.28. The van der Waals surface area contributed by atoms with Gasteiger partial charge in [0.1, 0.15) is 5.00 Å². The van der Waals surface area contributed by atoms with Crippen LogP contribution in [0.5, 0.6) is 0 Å². The highest BCUT2D eigenvalue weighted by Crippen LogP contribution is 2.40. The Hall–Kier alpha value is -1.73. The van der Waals surface area contributed by atoms with Crippen molar-refractivity contribution in [2.45, 2.75) is 45.4 Å². The van der Waals surface area contributed by atoms with E-state index in [-0.39, 0.29) is 5.91 Å². The van der Waals surface area contributed by atoms with Crippen LogP contribution in [0.2, 0.25) is 0 Å². The van der Waals surface area contributed by atoms with E-state index in [4.69, 9.17) is 5.73 Å². The lowest BCUT2D eigenvalue weighted by atomic mass is 9.84. The molecule has 0 spiro atoms. The van der Waals surface area contributed by atoms with Crippen LogP contribution in [0.15, 0.2) is 22.9 Å². The Morgan fingerprint density at radius 2 is 2.23 bits per heavy atom. The lowest BCUT2D eigenvalue weighted by Gasteiger charge is -2.22. The maximum atomic E-state index is 12.5. The van der Waals surface area contributed by atoms with E-state index in [1.165, 1.54) is 41.7 Å². The van der Waals surface area contributed by atoms with Crippen molar-refractivity contribution in [3.63, 3.8) is 0 Å². The molecule has 2 heterocycles. The molecule has 0 aromatic carbocycles. The average molecular weight is 436 g/mol. The van der Waals surface area contributed by atoms with Crippen LogP contribution < -0.4 is 11.1 Å². The number of nitrogens with one attached hydrogen (secondary N) is 1. The van der Waals surface area contributed by atoms with E-state index in [9.17, 15) is 9.59 Å². The molecule has 3 rings (SSSR count). The van der Waals surface area contributed by atoms with Crippen LogP contribution in [0.1, 0.15) is 63.8 Å². The molecule has 138 valence electrons. The molecule has 0 aliphatic heterocycles. The molecule has 1 unspecified atom stereocenters. The molecule has 0 fully saturated rings. The SMILES string of the molecule is CCCCC1CCc2c(sc(NC(=O)c3cncc(Br)c3)c2C(N)=O)C1. The molecule has 2 aromatic rings. The van der Waals surface area contributed by atoms with Crippen LogP contribution in [-0.2, 0) is 12.8 Å². The van der Waals surface area contributed by atoms with Crippen molar-refractivity contribution in [3.05, 3.63) is 44.5 Å². The molecular formula is C19H22BrN3O2S. The number of fused-ring (bicyclic) bond motifs is 1. The first-order valence-electron chi connectivity index (χ1n) is 8.85. The number of hydrogen-bond acceptors (Lipinski definition) is 4. The first kappa shape index (κ1) is 19.0. The van der Waals surface area contributed by atoms with Crippen molar-refractivity contribution in [1.82, 2.24) is 4.98 Å². The second kappa shape index (κ2) is 8.31. The third-order valence-corrected chi connectivity index (χ3v) is 6.38. The highest BCUT2D eigenvalue weighted by atomic mass is 79.9. The zero-order chi connectivity index (χ0) is 18.7. The Labute approximate surface area is 165 Å². The van der Waals surface area contributed by atoms with Gasteiger partial charge in [0.2, 0.25) is 0 Å². The maximum absolute atomic E-state index is 12.5. The second-order valence-electron chi connectivity index (χ2n) is 6.67. The number of amides is 2. The minimum atomic E-state index is -0.475. The number of carbonyl (C=O) groups excluding carboxylic acids is 2. The molecule has 7 heteroatoms. The molecule has 5 nitrogen and oxygen atoms in total. The number of carbonyl (C=O) groups is 2. The van der Waals surface area contributed by atoms with Gasteiger partial charge in [0.05, 0.1) is 11.1 Å². The van der Waals surface area contributed by atoms with Gasteiger partial charge in [0, 0.05) is 21.7 Å². The van der Waals surface area contributed by atoms with E-state index in [0.29, 0.717) is 22.0 Å². The Bertz CT molecular complexity index is 834. The average Bonchev–Trinajstić information content (AvgIpc) is 2.97. The van der Waals surface area contributed by atoms with Crippen molar-refractivity contribution in [1.29, 1.82) is 0 Å². The van der Waals surface area contributed by atoms with Crippen LogP contribution in [0.4, 0.5) is 5.00 Å². The summed E-state index contributed by atoms with van der Waals surface area (Å²) in [7, 11) is 0. The van der Waals surface area contributed by atoms with Crippen LogP contribution >= 0.6 is 27.3 Å². The summed E-state index contributed by atoms with van der Waals surface area (Å²) in [5.74, 6) is -0.112. The number of thiophene rings is 1. The fraction of sp³-hybridized carbons (Fsp3) is 0.421. The quantitative estimate of drug-likeness (QED) is 0.697. The Balaban J connectivity index is 1.85. The van der Waals surface area contributed by atoms with Gasteiger partial charge in [0.15, 0.2) is 0 Å². The first-order chi connectivity index (χ1) is 12.5. The van der Waals surface area contributed by atoms with E-state index < -0.39 is 5.91 Å². The summed E-state index contributed by atoms with van der Waals surface area (Å²) in [5, 5.41) is 3.43. The summed E-state index contributed by atoms with van der Waals surface area (Å²) in [6.45, 7) is 2.20. The topological polar surface area (TPSA) is 85.1 Å². The number of nitrogens with two attached hydrogens (primary N) is 1. The van der Waals surface area contributed by atoms with Gasteiger partial charge in [0.25, 0.3) is 11.8 Å². The number of nitrogens with zero attached hydrogens (tertiary/aromatic N) is 1. The predicted octanol–water partition coefficient (Wildman–Crippen LogP) is 4.55. The standard InChI is InChI=1S/C19H22BrN3O2S/c1-2-3-4-11-5-6-14-15(7-11)26-19(16(14)17(21)24)23-18(25)12-8-13(20)10-22-9-12/h8-11H,2-7H2,1H3,(H2,21,24)(H,23,25). The molecule has 3 N–H and O–H groups in total. The third kappa shape index (κ3) is 4.15. The van der Waals surface area contributed by atoms with Crippen molar-refractivity contribution in [2.24, 2.45) is 11.7 Å². The molecule has 0 saturated carbocycles. The van der Waals surface area contributed by atoms with Gasteiger partial charge in [-0.25, -0.2) is 0 Å². The van der Waals surface area contributed by atoms with Gasteiger partial charge in [-0.3, -0.25) is 14.6 Å². The minimum absolute atomic E-state index is 0.289. The predicted molar refractivity (Wildman–Crippen MR) is 108 cm³/mol. The van der Waals surface area contributed by atoms with Crippen LogP contribution in [0.3, 0.4) is 0 Å². The largest absolute Gasteiger partial charge is 0.365 e.